The molecule has 2 N–H and O–H groups in total. The van der Waals surface area contributed by atoms with Crippen LogP contribution >= 0.6 is 11.6 Å². The molecule has 0 amide bonds. The highest BCUT2D eigenvalue weighted by atomic mass is 35.5. The van der Waals surface area contributed by atoms with Crippen LogP contribution in [0.5, 0.6) is 0 Å². The van der Waals surface area contributed by atoms with Gasteiger partial charge >= 0.3 is 0 Å². The number of allylic oxidation sites excluding steroid dienone is 3. The first kappa shape index (κ1) is 16.6. The fraction of sp³-hybridized carbons (Fsp3) is 0.333. The lowest BCUT2D eigenvalue weighted by Gasteiger charge is -2.13. The second-order valence-corrected chi connectivity index (χ2v) is 5.51. The lowest BCUT2D eigenvalue weighted by molar-refractivity contribution is 1.05. The second kappa shape index (κ2) is 7.35. The van der Waals surface area contributed by atoms with Crippen molar-refractivity contribution in [1.82, 2.24) is 0 Å². The van der Waals surface area contributed by atoms with Gasteiger partial charge < -0.3 is 5.73 Å². The fourth-order valence-electron chi connectivity index (χ4n) is 2.42. The SMILES string of the molecule is C=C(/C(CC)=C(/N)Cl)/C(=C/c1cc(C)cc(C)c1)CC. The Kier molecular flexibility index (Phi) is 6.09. The van der Waals surface area contributed by atoms with E-state index in [0.717, 1.165) is 24.0 Å². The summed E-state index contributed by atoms with van der Waals surface area (Å²) in [7, 11) is 0. The van der Waals surface area contributed by atoms with Crippen LogP contribution < -0.4 is 5.73 Å². The smallest absolute Gasteiger partial charge is 0.103 e. The number of benzene rings is 1. The van der Waals surface area contributed by atoms with Crippen molar-refractivity contribution in [3.63, 3.8) is 0 Å². The molecule has 0 aliphatic heterocycles. The Hall–Kier alpha value is -1.47. The van der Waals surface area contributed by atoms with Gasteiger partial charge in [0.1, 0.15) is 5.16 Å². The average molecular weight is 290 g/mol. The van der Waals surface area contributed by atoms with E-state index >= 15 is 0 Å². The molecule has 108 valence electrons. The van der Waals surface area contributed by atoms with Gasteiger partial charge in [-0.05, 0) is 49.0 Å². The van der Waals surface area contributed by atoms with Crippen LogP contribution in [-0.2, 0) is 0 Å². The van der Waals surface area contributed by atoms with Gasteiger partial charge in [-0.3, -0.25) is 0 Å². The highest BCUT2D eigenvalue weighted by molar-refractivity contribution is 6.29. The van der Waals surface area contributed by atoms with Gasteiger partial charge in [-0.2, -0.15) is 0 Å². The number of rotatable bonds is 5. The molecule has 1 aromatic rings. The average Bonchev–Trinajstić information content (AvgIpc) is 2.34. The summed E-state index contributed by atoms with van der Waals surface area (Å²) in [6.07, 6.45) is 3.87. The molecule has 0 fully saturated rings. The topological polar surface area (TPSA) is 26.0 Å². The Morgan fingerprint density at radius 2 is 1.70 bits per heavy atom. The quantitative estimate of drug-likeness (QED) is 0.564. The zero-order chi connectivity index (χ0) is 15.3. The maximum absolute atomic E-state index is 5.96. The van der Waals surface area contributed by atoms with Crippen LogP contribution in [0.25, 0.3) is 6.08 Å². The third-order valence-corrected chi connectivity index (χ3v) is 3.59. The van der Waals surface area contributed by atoms with Crippen LogP contribution in [0, 0.1) is 13.8 Å². The molecule has 1 aromatic carbocycles. The lowest BCUT2D eigenvalue weighted by Crippen LogP contribution is -2.00. The van der Waals surface area contributed by atoms with Crippen molar-refractivity contribution in [2.24, 2.45) is 5.73 Å². The molecule has 0 aromatic heterocycles. The highest BCUT2D eigenvalue weighted by Crippen LogP contribution is 2.27. The molecule has 0 bridgehead atoms. The van der Waals surface area contributed by atoms with E-state index in [0.29, 0.717) is 5.16 Å². The van der Waals surface area contributed by atoms with Gasteiger partial charge in [0.2, 0.25) is 0 Å². The van der Waals surface area contributed by atoms with E-state index in [2.05, 4.69) is 51.6 Å². The number of aryl methyl sites for hydroxylation is 2. The number of halogens is 1. The first-order chi connectivity index (χ1) is 9.38. The summed E-state index contributed by atoms with van der Waals surface area (Å²) in [5.74, 6) is 0. The summed E-state index contributed by atoms with van der Waals surface area (Å²) in [5, 5.41) is 0.345. The van der Waals surface area contributed by atoms with Gasteiger partial charge in [-0.1, -0.05) is 67.4 Å². The van der Waals surface area contributed by atoms with E-state index < -0.39 is 0 Å². The van der Waals surface area contributed by atoms with Crippen LogP contribution in [0.2, 0.25) is 0 Å². The van der Waals surface area contributed by atoms with Crippen molar-refractivity contribution in [3.8, 4) is 0 Å². The minimum absolute atomic E-state index is 0.345. The minimum atomic E-state index is 0.345. The highest BCUT2D eigenvalue weighted by Gasteiger charge is 2.09. The molecule has 0 atom stereocenters. The molecular weight excluding hydrogens is 266 g/mol. The Morgan fingerprint density at radius 3 is 2.10 bits per heavy atom. The summed E-state index contributed by atoms with van der Waals surface area (Å²) in [4.78, 5) is 0. The maximum Gasteiger partial charge on any atom is 0.103 e. The third-order valence-electron chi connectivity index (χ3n) is 3.36. The van der Waals surface area contributed by atoms with Gasteiger partial charge in [0.15, 0.2) is 0 Å². The molecule has 2 heteroatoms. The Morgan fingerprint density at radius 1 is 1.15 bits per heavy atom. The van der Waals surface area contributed by atoms with Crippen molar-refractivity contribution in [2.75, 3.05) is 0 Å². The predicted molar refractivity (Wildman–Crippen MR) is 90.7 cm³/mol. The normalized spacial score (nSPS) is 13.2. The van der Waals surface area contributed by atoms with Crippen molar-refractivity contribution in [1.29, 1.82) is 0 Å². The summed E-state index contributed by atoms with van der Waals surface area (Å²) < 4.78 is 0. The predicted octanol–water partition coefficient (Wildman–Crippen LogP) is 5.47. The molecule has 1 rings (SSSR count). The molecular formula is C18H24ClN. The van der Waals surface area contributed by atoms with E-state index in [-0.39, 0.29) is 0 Å². The second-order valence-electron chi connectivity index (χ2n) is 5.10. The van der Waals surface area contributed by atoms with Gasteiger partial charge in [-0.25, -0.2) is 0 Å². The number of hydrogen-bond acceptors (Lipinski definition) is 1. The van der Waals surface area contributed by atoms with Gasteiger partial charge in [0.05, 0.1) is 0 Å². The lowest BCUT2D eigenvalue weighted by atomic mass is 9.94. The van der Waals surface area contributed by atoms with Crippen LogP contribution in [0.1, 0.15) is 43.4 Å². The summed E-state index contributed by atoms with van der Waals surface area (Å²) in [6.45, 7) is 12.6. The molecule has 0 unspecified atom stereocenters. The molecule has 0 saturated heterocycles. The monoisotopic (exact) mass is 289 g/mol. The van der Waals surface area contributed by atoms with Crippen LogP contribution in [0.4, 0.5) is 0 Å². The molecule has 0 aliphatic carbocycles. The van der Waals surface area contributed by atoms with E-state index in [1.807, 2.05) is 6.92 Å². The molecule has 0 radical (unpaired) electrons. The Bertz CT molecular complexity index is 541. The van der Waals surface area contributed by atoms with E-state index in [1.54, 1.807) is 0 Å². The first-order valence-corrected chi connectivity index (χ1v) is 7.39. The number of nitrogens with two attached hydrogens (primary N) is 1. The molecule has 0 saturated carbocycles. The fourth-order valence-corrected chi connectivity index (χ4v) is 2.66. The minimum Gasteiger partial charge on any atom is -0.389 e. The largest absolute Gasteiger partial charge is 0.389 e. The first-order valence-electron chi connectivity index (χ1n) is 7.01. The molecule has 20 heavy (non-hydrogen) atoms. The van der Waals surface area contributed by atoms with Crippen LogP contribution in [0.15, 0.2) is 46.7 Å². The van der Waals surface area contributed by atoms with E-state index in [1.165, 1.54) is 22.3 Å². The van der Waals surface area contributed by atoms with Crippen molar-refractivity contribution in [2.45, 2.75) is 40.5 Å². The Labute approximate surface area is 127 Å². The van der Waals surface area contributed by atoms with Crippen molar-refractivity contribution < 1.29 is 0 Å². The van der Waals surface area contributed by atoms with Crippen LogP contribution in [-0.4, -0.2) is 0 Å². The Balaban J connectivity index is 3.22. The van der Waals surface area contributed by atoms with Gasteiger partial charge in [-0.15, -0.1) is 0 Å². The van der Waals surface area contributed by atoms with Gasteiger partial charge in [0, 0.05) is 0 Å². The number of hydrogen-bond donors (Lipinski definition) is 1. The van der Waals surface area contributed by atoms with Crippen molar-refractivity contribution >= 4 is 17.7 Å². The maximum atomic E-state index is 5.96. The summed E-state index contributed by atoms with van der Waals surface area (Å²) in [5.41, 5.74) is 12.5. The third kappa shape index (κ3) is 4.28. The molecule has 0 aliphatic rings. The standard InChI is InChI=1S/C18H24ClN/c1-6-16(14(5)17(7-2)18(19)20)11-15-9-12(3)8-13(4)10-15/h8-11H,5-7,20H2,1-4H3/b16-11+,18-17+. The van der Waals surface area contributed by atoms with E-state index in [4.69, 9.17) is 17.3 Å². The zero-order valence-electron chi connectivity index (χ0n) is 12.9. The molecule has 0 heterocycles. The van der Waals surface area contributed by atoms with E-state index in [9.17, 15) is 0 Å². The molecule has 1 nitrogen and oxygen atoms in total. The summed E-state index contributed by atoms with van der Waals surface area (Å²) >= 11 is 5.96. The zero-order valence-corrected chi connectivity index (χ0v) is 13.6. The van der Waals surface area contributed by atoms with Gasteiger partial charge in [0.25, 0.3) is 0 Å². The van der Waals surface area contributed by atoms with Crippen molar-refractivity contribution in [3.05, 3.63) is 63.3 Å². The summed E-state index contributed by atoms with van der Waals surface area (Å²) in [6, 6.07) is 6.52. The molecule has 0 spiro atoms. The van der Waals surface area contributed by atoms with Crippen LogP contribution in [0.3, 0.4) is 0 Å².